The first kappa shape index (κ1) is 11.8. The summed E-state index contributed by atoms with van der Waals surface area (Å²) in [6.07, 6.45) is 2.83. The highest BCUT2D eigenvalue weighted by atomic mass is 35.5. The van der Waals surface area contributed by atoms with Crippen molar-refractivity contribution in [2.45, 2.75) is 45.6 Å². The molecule has 0 bridgehead atoms. The van der Waals surface area contributed by atoms with E-state index in [4.69, 9.17) is 11.6 Å². The van der Waals surface area contributed by atoms with Crippen molar-refractivity contribution in [3.05, 3.63) is 0 Å². The fourth-order valence-electron chi connectivity index (χ4n) is 1.61. The monoisotopic (exact) mass is 217 g/mol. The third-order valence-corrected chi connectivity index (χ3v) is 3.49. The molecule has 2 nitrogen and oxygen atoms in total. The van der Waals surface area contributed by atoms with E-state index in [1.807, 2.05) is 0 Å². The molecule has 0 radical (unpaired) electrons. The number of amides is 1. The van der Waals surface area contributed by atoms with Crippen molar-refractivity contribution >= 4 is 17.5 Å². The van der Waals surface area contributed by atoms with Gasteiger partial charge in [-0.1, -0.05) is 13.8 Å². The van der Waals surface area contributed by atoms with Crippen molar-refractivity contribution in [2.24, 2.45) is 11.8 Å². The zero-order valence-corrected chi connectivity index (χ0v) is 10.0. The summed E-state index contributed by atoms with van der Waals surface area (Å²) in [7, 11) is 0. The van der Waals surface area contributed by atoms with Gasteiger partial charge in [0.25, 0.3) is 0 Å². The molecule has 14 heavy (non-hydrogen) atoms. The Morgan fingerprint density at radius 1 is 1.64 bits per heavy atom. The van der Waals surface area contributed by atoms with E-state index >= 15 is 0 Å². The van der Waals surface area contributed by atoms with Gasteiger partial charge in [-0.25, -0.2) is 0 Å². The maximum absolute atomic E-state index is 11.7. The third-order valence-electron chi connectivity index (χ3n) is 3.30. The SMILES string of the molecule is CCC(C)(CCCl)NC(=O)C1CC1C. The first-order valence-electron chi connectivity index (χ1n) is 5.40. The van der Waals surface area contributed by atoms with E-state index < -0.39 is 0 Å². The van der Waals surface area contributed by atoms with E-state index in [9.17, 15) is 4.79 Å². The van der Waals surface area contributed by atoms with Gasteiger partial charge >= 0.3 is 0 Å². The second-order valence-electron chi connectivity index (χ2n) is 4.66. The molecule has 3 atom stereocenters. The molecule has 0 aliphatic heterocycles. The Morgan fingerprint density at radius 3 is 2.57 bits per heavy atom. The zero-order chi connectivity index (χ0) is 10.8. The Balaban J connectivity index is 2.43. The molecule has 1 saturated carbocycles. The average Bonchev–Trinajstić information content (AvgIpc) is 2.83. The number of hydrogen-bond acceptors (Lipinski definition) is 1. The van der Waals surface area contributed by atoms with Gasteiger partial charge in [0.05, 0.1) is 0 Å². The second kappa shape index (κ2) is 4.52. The summed E-state index contributed by atoms with van der Waals surface area (Å²) < 4.78 is 0. The molecular formula is C11H20ClNO. The van der Waals surface area contributed by atoms with Crippen molar-refractivity contribution in [1.29, 1.82) is 0 Å². The molecule has 1 aliphatic rings. The first-order chi connectivity index (χ1) is 6.52. The quantitative estimate of drug-likeness (QED) is 0.705. The Labute approximate surface area is 91.4 Å². The molecule has 0 spiro atoms. The molecular weight excluding hydrogens is 198 g/mol. The van der Waals surface area contributed by atoms with Crippen molar-refractivity contribution in [1.82, 2.24) is 5.32 Å². The van der Waals surface area contributed by atoms with Crippen LogP contribution in [0.1, 0.15) is 40.0 Å². The van der Waals surface area contributed by atoms with Crippen LogP contribution in [0.5, 0.6) is 0 Å². The Morgan fingerprint density at radius 2 is 2.21 bits per heavy atom. The van der Waals surface area contributed by atoms with Crippen molar-refractivity contribution in [2.75, 3.05) is 5.88 Å². The van der Waals surface area contributed by atoms with E-state index in [0.717, 1.165) is 19.3 Å². The van der Waals surface area contributed by atoms with Crippen LogP contribution in [-0.4, -0.2) is 17.3 Å². The van der Waals surface area contributed by atoms with Gasteiger partial charge in [-0.05, 0) is 32.1 Å². The summed E-state index contributed by atoms with van der Waals surface area (Å²) in [5, 5.41) is 3.11. The summed E-state index contributed by atoms with van der Waals surface area (Å²) >= 11 is 5.72. The number of halogens is 1. The van der Waals surface area contributed by atoms with E-state index in [2.05, 4.69) is 26.1 Å². The number of hydrogen-bond donors (Lipinski definition) is 1. The van der Waals surface area contributed by atoms with Gasteiger partial charge < -0.3 is 5.32 Å². The predicted molar refractivity (Wildman–Crippen MR) is 59.4 cm³/mol. The molecule has 1 aliphatic carbocycles. The van der Waals surface area contributed by atoms with Crippen LogP contribution in [-0.2, 0) is 4.79 Å². The second-order valence-corrected chi connectivity index (χ2v) is 5.04. The summed E-state index contributed by atoms with van der Waals surface area (Å²) in [5.41, 5.74) is -0.110. The summed E-state index contributed by atoms with van der Waals surface area (Å²) in [6.45, 7) is 6.28. The number of carbonyl (C=O) groups excluding carboxylic acids is 1. The van der Waals surface area contributed by atoms with E-state index in [1.165, 1.54) is 0 Å². The molecule has 3 unspecified atom stereocenters. The number of rotatable bonds is 5. The van der Waals surface area contributed by atoms with Gasteiger partial charge in [0.1, 0.15) is 0 Å². The molecule has 0 saturated heterocycles. The van der Waals surface area contributed by atoms with Crippen LogP contribution in [0, 0.1) is 11.8 Å². The van der Waals surface area contributed by atoms with E-state index in [0.29, 0.717) is 11.8 Å². The van der Waals surface area contributed by atoms with Crippen molar-refractivity contribution < 1.29 is 4.79 Å². The minimum Gasteiger partial charge on any atom is -0.351 e. The first-order valence-corrected chi connectivity index (χ1v) is 5.94. The van der Waals surface area contributed by atoms with E-state index in [-0.39, 0.29) is 17.4 Å². The standard InChI is InChI=1S/C11H20ClNO/c1-4-11(3,5-6-12)13-10(14)9-7-8(9)2/h8-9H,4-7H2,1-3H3,(H,13,14). The summed E-state index contributed by atoms with van der Waals surface area (Å²) in [6, 6.07) is 0. The van der Waals surface area contributed by atoms with Gasteiger partial charge in [0.2, 0.25) is 5.91 Å². The van der Waals surface area contributed by atoms with E-state index in [1.54, 1.807) is 0 Å². The Kier molecular flexibility index (Phi) is 3.82. The highest BCUT2D eigenvalue weighted by Crippen LogP contribution is 2.38. The molecule has 0 aromatic heterocycles. The smallest absolute Gasteiger partial charge is 0.223 e. The minimum atomic E-state index is -0.110. The molecule has 1 N–H and O–H groups in total. The maximum Gasteiger partial charge on any atom is 0.223 e. The number of carbonyl (C=O) groups is 1. The molecule has 1 fully saturated rings. The lowest BCUT2D eigenvalue weighted by molar-refractivity contribution is -0.124. The molecule has 1 amide bonds. The molecule has 0 heterocycles. The van der Waals surface area contributed by atoms with Gasteiger partial charge in [-0.3, -0.25) is 4.79 Å². The lowest BCUT2D eigenvalue weighted by atomic mass is 9.95. The van der Waals surface area contributed by atoms with Crippen LogP contribution in [0.15, 0.2) is 0 Å². The van der Waals surface area contributed by atoms with Crippen LogP contribution < -0.4 is 5.32 Å². The van der Waals surface area contributed by atoms with Gasteiger partial charge in [-0.15, -0.1) is 11.6 Å². The largest absolute Gasteiger partial charge is 0.351 e. The van der Waals surface area contributed by atoms with Crippen LogP contribution in [0.2, 0.25) is 0 Å². The van der Waals surface area contributed by atoms with Crippen molar-refractivity contribution in [3.63, 3.8) is 0 Å². The summed E-state index contributed by atoms with van der Waals surface area (Å²) in [4.78, 5) is 11.7. The maximum atomic E-state index is 11.7. The fourth-order valence-corrected chi connectivity index (χ4v) is 2.03. The lowest BCUT2D eigenvalue weighted by Crippen LogP contribution is -2.46. The van der Waals surface area contributed by atoms with Gasteiger partial charge in [0.15, 0.2) is 0 Å². The minimum absolute atomic E-state index is 0.110. The van der Waals surface area contributed by atoms with Crippen LogP contribution in [0.25, 0.3) is 0 Å². The fraction of sp³-hybridized carbons (Fsp3) is 0.909. The number of nitrogens with one attached hydrogen (secondary N) is 1. The Hall–Kier alpha value is -0.240. The average molecular weight is 218 g/mol. The molecule has 3 heteroatoms. The molecule has 0 aromatic rings. The van der Waals surface area contributed by atoms with Gasteiger partial charge in [0, 0.05) is 17.3 Å². The third kappa shape index (κ3) is 2.88. The Bertz CT molecular complexity index is 219. The zero-order valence-electron chi connectivity index (χ0n) is 9.27. The highest BCUT2D eigenvalue weighted by molar-refractivity contribution is 6.17. The van der Waals surface area contributed by atoms with Crippen LogP contribution in [0.3, 0.4) is 0 Å². The van der Waals surface area contributed by atoms with Gasteiger partial charge in [-0.2, -0.15) is 0 Å². The summed E-state index contributed by atoms with van der Waals surface area (Å²) in [5.74, 6) is 1.65. The molecule has 82 valence electrons. The topological polar surface area (TPSA) is 29.1 Å². The van der Waals surface area contributed by atoms with Crippen molar-refractivity contribution in [3.8, 4) is 0 Å². The lowest BCUT2D eigenvalue weighted by Gasteiger charge is -2.29. The normalized spacial score (nSPS) is 29.4. The predicted octanol–water partition coefficient (Wildman–Crippen LogP) is 2.56. The molecule has 0 aromatic carbocycles. The van der Waals surface area contributed by atoms with Crippen LogP contribution >= 0.6 is 11.6 Å². The number of alkyl halides is 1. The molecule has 1 rings (SSSR count). The van der Waals surface area contributed by atoms with Crippen LogP contribution in [0.4, 0.5) is 0 Å². The highest BCUT2D eigenvalue weighted by Gasteiger charge is 2.41.